The van der Waals surface area contributed by atoms with Gasteiger partial charge in [0.15, 0.2) is 5.70 Å². The standard InChI is InChI=1S/C14H11NO4/c1-2-17-8-11-14(16)19-13(15-11)10-4-3-5-12-9(10)6-7-18-12/h3-8H,2H2,1H3/b11-8-. The maximum atomic E-state index is 11.6. The Bertz CT molecular complexity index is 696. The molecule has 5 nitrogen and oxygen atoms in total. The molecule has 0 amide bonds. The number of aliphatic imine (C=N–C) groups is 1. The van der Waals surface area contributed by atoms with E-state index in [-0.39, 0.29) is 11.6 Å². The van der Waals surface area contributed by atoms with Crippen molar-refractivity contribution in [2.24, 2.45) is 4.99 Å². The number of carbonyl (C=O) groups is 1. The monoisotopic (exact) mass is 257 g/mol. The molecule has 0 N–H and O–H groups in total. The fraction of sp³-hybridized carbons (Fsp3) is 0.143. The van der Waals surface area contributed by atoms with Gasteiger partial charge in [0.05, 0.1) is 12.9 Å². The lowest BCUT2D eigenvalue weighted by atomic mass is 10.1. The van der Waals surface area contributed by atoms with Crippen LogP contribution in [0.3, 0.4) is 0 Å². The van der Waals surface area contributed by atoms with Crippen molar-refractivity contribution in [2.45, 2.75) is 6.92 Å². The van der Waals surface area contributed by atoms with Crippen LogP contribution in [0.5, 0.6) is 0 Å². The highest BCUT2D eigenvalue weighted by Crippen LogP contribution is 2.24. The third-order valence-electron chi connectivity index (χ3n) is 2.71. The molecule has 2 aromatic rings. The predicted octanol–water partition coefficient (Wildman–Crippen LogP) is 2.61. The minimum absolute atomic E-state index is 0.164. The summed E-state index contributed by atoms with van der Waals surface area (Å²) in [6.07, 6.45) is 2.90. The summed E-state index contributed by atoms with van der Waals surface area (Å²) in [6.45, 7) is 2.30. The van der Waals surface area contributed by atoms with Crippen LogP contribution < -0.4 is 0 Å². The maximum absolute atomic E-state index is 11.6. The first-order valence-electron chi connectivity index (χ1n) is 5.89. The van der Waals surface area contributed by atoms with Crippen LogP contribution in [0.1, 0.15) is 12.5 Å². The molecule has 1 aromatic heterocycles. The van der Waals surface area contributed by atoms with E-state index in [0.717, 1.165) is 16.5 Å². The lowest BCUT2D eigenvalue weighted by Gasteiger charge is -2.00. The lowest BCUT2D eigenvalue weighted by Crippen LogP contribution is -2.05. The number of hydrogen-bond acceptors (Lipinski definition) is 5. The Labute approximate surface area is 109 Å². The van der Waals surface area contributed by atoms with Crippen LogP contribution in [0.2, 0.25) is 0 Å². The smallest absolute Gasteiger partial charge is 0.367 e. The number of esters is 1. The van der Waals surface area contributed by atoms with Gasteiger partial charge in [0.25, 0.3) is 0 Å². The Hall–Kier alpha value is -2.56. The minimum atomic E-state index is -0.510. The van der Waals surface area contributed by atoms with Crippen molar-refractivity contribution in [3.63, 3.8) is 0 Å². The molecular weight excluding hydrogens is 246 g/mol. The van der Waals surface area contributed by atoms with Gasteiger partial charge in [-0.1, -0.05) is 6.07 Å². The average Bonchev–Trinajstić information content (AvgIpc) is 3.02. The van der Waals surface area contributed by atoms with E-state index >= 15 is 0 Å². The van der Waals surface area contributed by atoms with Crippen LogP contribution in [0.15, 0.2) is 51.9 Å². The zero-order valence-corrected chi connectivity index (χ0v) is 10.3. The van der Waals surface area contributed by atoms with Crippen LogP contribution >= 0.6 is 0 Å². The Morgan fingerprint density at radius 3 is 3.11 bits per heavy atom. The maximum Gasteiger partial charge on any atom is 0.367 e. The fourth-order valence-corrected chi connectivity index (χ4v) is 1.85. The van der Waals surface area contributed by atoms with Gasteiger partial charge in [-0.2, -0.15) is 0 Å². The number of hydrogen-bond donors (Lipinski definition) is 0. The molecule has 96 valence electrons. The summed E-state index contributed by atoms with van der Waals surface area (Å²) in [4.78, 5) is 15.8. The summed E-state index contributed by atoms with van der Waals surface area (Å²) in [5.41, 5.74) is 1.61. The highest BCUT2D eigenvalue weighted by Gasteiger charge is 2.26. The van der Waals surface area contributed by atoms with Crippen molar-refractivity contribution in [3.05, 3.63) is 48.1 Å². The molecule has 0 saturated heterocycles. The summed E-state index contributed by atoms with van der Waals surface area (Å²) in [5.74, 6) is -0.244. The average molecular weight is 257 g/mol. The van der Waals surface area contributed by atoms with Crippen molar-refractivity contribution in [2.75, 3.05) is 6.61 Å². The van der Waals surface area contributed by atoms with Gasteiger partial charge >= 0.3 is 5.97 Å². The molecule has 0 saturated carbocycles. The summed E-state index contributed by atoms with van der Waals surface area (Å²) in [5, 5.41) is 0.853. The van der Waals surface area contributed by atoms with E-state index in [4.69, 9.17) is 13.9 Å². The van der Waals surface area contributed by atoms with Gasteiger partial charge in [-0.25, -0.2) is 9.79 Å². The fourth-order valence-electron chi connectivity index (χ4n) is 1.85. The first-order valence-corrected chi connectivity index (χ1v) is 5.89. The SMILES string of the molecule is CCO/C=C1\N=C(c2cccc3occc23)OC1=O. The van der Waals surface area contributed by atoms with Gasteiger partial charge in [0.2, 0.25) is 5.90 Å². The topological polar surface area (TPSA) is 61.0 Å². The molecule has 1 aliphatic heterocycles. The molecular formula is C14H11NO4. The van der Waals surface area contributed by atoms with E-state index in [1.165, 1.54) is 6.26 Å². The number of furan rings is 1. The van der Waals surface area contributed by atoms with Gasteiger partial charge in [0.1, 0.15) is 11.8 Å². The molecule has 0 unspecified atom stereocenters. The normalized spacial score (nSPS) is 16.8. The van der Waals surface area contributed by atoms with Gasteiger partial charge in [-0.15, -0.1) is 0 Å². The number of rotatable bonds is 3. The second-order valence-electron chi connectivity index (χ2n) is 3.90. The van der Waals surface area contributed by atoms with Crippen molar-refractivity contribution in [1.82, 2.24) is 0 Å². The largest absolute Gasteiger partial charge is 0.499 e. The Morgan fingerprint density at radius 2 is 2.26 bits per heavy atom. The molecule has 0 spiro atoms. The Kier molecular flexibility index (Phi) is 2.79. The molecule has 3 rings (SSSR count). The molecule has 0 bridgehead atoms. The van der Waals surface area contributed by atoms with Gasteiger partial charge in [-0.3, -0.25) is 0 Å². The zero-order chi connectivity index (χ0) is 13.2. The molecule has 0 atom stereocenters. The van der Waals surface area contributed by atoms with Crippen LogP contribution in [0.25, 0.3) is 11.0 Å². The van der Waals surface area contributed by atoms with Gasteiger partial charge < -0.3 is 13.9 Å². The number of nitrogens with zero attached hydrogens (tertiary/aromatic N) is 1. The summed E-state index contributed by atoms with van der Waals surface area (Å²) < 4.78 is 15.5. The second kappa shape index (κ2) is 4.61. The Balaban J connectivity index is 2.03. The molecule has 5 heteroatoms. The molecule has 0 radical (unpaired) electrons. The number of cyclic esters (lactones) is 1. The molecule has 2 heterocycles. The molecule has 0 fully saturated rings. The molecule has 1 aromatic carbocycles. The van der Waals surface area contributed by atoms with Crippen LogP contribution in [0.4, 0.5) is 0 Å². The summed E-state index contributed by atoms with van der Waals surface area (Å²) in [7, 11) is 0. The van der Waals surface area contributed by atoms with Crippen molar-refractivity contribution >= 4 is 22.8 Å². The quantitative estimate of drug-likeness (QED) is 0.481. The molecule has 1 aliphatic rings. The minimum Gasteiger partial charge on any atom is -0.499 e. The van der Waals surface area contributed by atoms with E-state index in [2.05, 4.69) is 4.99 Å². The number of carbonyl (C=O) groups excluding carboxylic acids is 1. The molecule has 0 aliphatic carbocycles. The van der Waals surface area contributed by atoms with Crippen LogP contribution in [-0.2, 0) is 14.3 Å². The third kappa shape index (κ3) is 1.99. The number of benzene rings is 1. The van der Waals surface area contributed by atoms with Gasteiger partial charge in [0, 0.05) is 10.9 Å². The van der Waals surface area contributed by atoms with E-state index < -0.39 is 5.97 Å². The zero-order valence-electron chi connectivity index (χ0n) is 10.3. The van der Waals surface area contributed by atoms with E-state index in [0.29, 0.717) is 6.61 Å². The van der Waals surface area contributed by atoms with E-state index in [1.54, 1.807) is 6.26 Å². The third-order valence-corrected chi connectivity index (χ3v) is 2.71. The predicted molar refractivity (Wildman–Crippen MR) is 68.6 cm³/mol. The van der Waals surface area contributed by atoms with Crippen LogP contribution in [0, 0.1) is 0 Å². The number of fused-ring (bicyclic) bond motifs is 1. The molecule has 19 heavy (non-hydrogen) atoms. The van der Waals surface area contributed by atoms with Gasteiger partial charge in [-0.05, 0) is 25.1 Å². The van der Waals surface area contributed by atoms with Crippen LogP contribution in [-0.4, -0.2) is 18.5 Å². The highest BCUT2D eigenvalue weighted by molar-refractivity contribution is 6.15. The second-order valence-corrected chi connectivity index (χ2v) is 3.90. The van der Waals surface area contributed by atoms with Crippen molar-refractivity contribution in [3.8, 4) is 0 Å². The summed E-state index contributed by atoms with van der Waals surface area (Å²) >= 11 is 0. The Morgan fingerprint density at radius 1 is 1.37 bits per heavy atom. The number of ether oxygens (including phenoxy) is 2. The van der Waals surface area contributed by atoms with E-state index in [1.807, 2.05) is 31.2 Å². The first-order chi connectivity index (χ1) is 9.29. The summed E-state index contributed by atoms with van der Waals surface area (Å²) in [6, 6.07) is 7.30. The highest BCUT2D eigenvalue weighted by atomic mass is 16.6. The lowest BCUT2D eigenvalue weighted by molar-refractivity contribution is -0.130. The van der Waals surface area contributed by atoms with E-state index in [9.17, 15) is 4.79 Å². The first kappa shape index (κ1) is 11.5. The van der Waals surface area contributed by atoms with Crippen molar-refractivity contribution in [1.29, 1.82) is 0 Å². The van der Waals surface area contributed by atoms with Crippen molar-refractivity contribution < 1.29 is 18.7 Å².